The van der Waals surface area contributed by atoms with Gasteiger partial charge in [-0.1, -0.05) is 13.8 Å². The molecule has 0 saturated heterocycles. The van der Waals surface area contributed by atoms with Gasteiger partial charge in [0.1, 0.15) is 0 Å². The predicted octanol–water partition coefficient (Wildman–Crippen LogP) is 0.727. The average molecular weight is 236 g/mol. The largest absolute Gasteiger partial charge is 0.354 e. The summed E-state index contributed by atoms with van der Waals surface area (Å²) >= 11 is 0. The molecular formula is C12H20N4O. The Kier molecular flexibility index (Phi) is 5.56. The lowest BCUT2D eigenvalue weighted by atomic mass is 10.2. The molecule has 0 spiro atoms. The summed E-state index contributed by atoms with van der Waals surface area (Å²) in [7, 11) is 0. The first kappa shape index (κ1) is 13.6. The fourth-order valence-corrected chi connectivity index (χ4v) is 1.23. The van der Waals surface area contributed by atoms with E-state index in [-0.39, 0.29) is 11.9 Å². The van der Waals surface area contributed by atoms with Crippen molar-refractivity contribution < 1.29 is 4.79 Å². The van der Waals surface area contributed by atoms with E-state index in [9.17, 15) is 4.79 Å². The molecule has 1 atom stereocenters. The van der Waals surface area contributed by atoms with Crippen molar-refractivity contribution in [3.63, 3.8) is 0 Å². The molecule has 1 aromatic heterocycles. The number of hydrogen-bond acceptors (Lipinski definition) is 4. The van der Waals surface area contributed by atoms with Gasteiger partial charge < -0.3 is 10.6 Å². The van der Waals surface area contributed by atoms with E-state index in [0.717, 1.165) is 5.69 Å². The first-order chi connectivity index (χ1) is 8.09. The number of hydrogen-bond donors (Lipinski definition) is 2. The molecule has 0 aliphatic carbocycles. The Morgan fingerprint density at radius 2 is 2.12 bits per heavy atom. The SMILES string of the molecule is CC(C)CNC(=O)C(C)NCc1cnccn1. The van der Waals surface area contributed by atoms with Crippen molar-refractivity contribution in [2.75, 3.05) is 6.54 Å². The van der Waals surface area contributed by atoms with Crippen LogP contribution in [-0.4, -0.2) is 28.5 Å². The molecule has 0 aromatic carbocycles. The lowest BCUT2D eigenvalue weighted by Gasteiger charge is -2.14. The Labute approximate surface area is 102 Å². The minimum atomic E-state index is -0.226. The van der Waals surface area contributed by atoms with Crippen LogP contribution in [0.4, 0.5) is 0 Å². The molecule has 0 saturated carbocycles. The maximum atomic E-state index is 11.7. The summed E-state index contributed by atoms with van der Waals surface area (Å²) < 4.78 is 0. The molecule has 1 amide bonds. The van der Waals surface area contributed by atoms with Crippen LogP contribution in [0.3, 0.4) is 0 Å². The molecule has 17 heavy (non-hydrogen) atoms. The summed E-state index contributed by atoms with van der Waals surface area (Å²) in [6, 6.07) is -0.226. The van der Waals surface area contributed by atoms with Gasteiger partial charge in [0.05, 0.1) is 11.7 Å². The van der Waals surface area contributed by atoms with Crippen molar-refractivity contribution in [3.8, 4) is 0 Å². The highest BCUT2D eigenvalue weighted by atomic mass is 16.2. The molecule has 1 rings (SSSR count). The second-order valence-electron chi connectivity index (χ2n) is 4.44. The van der Waals surface area contributed by atoms with Gasteiger partial charge in [-0.3, -0.25) is 14.8 Å². The van der Waals surface area contributed by atoms with Crippen LogP contribution in [0.1, 0.15) is 26.5 Å². The van der Waals surface area contributed by atoms with Gasteiger partial charge in [0.15, 0.2) is 0 Å². The monoisotopic (exact) mass is 236 g/mol. The van der Waals surface area contributed by atoms with Gasteiger partial charge in [-0.25, -0.2) is 0 Å². The number of carbonyl (C=O) groups excluding carboxylic acids is 1. The smallest absolute Gasteiger partial charge is 0.236 e. The average Bonchev–Trinajstić information content (AvgIpc) is 2.34. The molecular weight excluding hydrogens is 216 g/mol. The third-order valence-corrected chi connectivity index (χ3v) is 2.28. The highest BCUT2D eigenvalue weighted by Crippen LogP contribution is 1.92. The molecule has 1 aromatic rings. The molecule has 5 heteroatoms. The lowest BCUT2D eigenvalue weighted by molar-refractivity contribution is -0.122. The Morgan fingerprint density at radius 1 is 1.35 bits per heavy atom. The molecule has 0 fully saturated rings. The van der Waals surface area contributed by atoms with Crippen LogP contribution < -0.4 is 10.6 Å². The Balaban J connectivity index is 2.29. The van der Waals surface area contributed by atoms with Crippen molar-refractivity contribution in [2.24, 2.45) is 5.92 Å². The third kappa shape index (κ3) is 5.40. The van der Waals surface area contributed by atoms with Crippen molar-refractivity contribution in [1.82, 2.24) is 20.6 Å². The Morgan fingerprint density at radius 3 is 2.71 bits per heavy atom. The van der Waals surface area contributed by atoms with Crippen LogP contribution >= 0.6 is 0 Å². The van der Waals surface area contributed by atoms with Crippen molar-refractivity contribution in [3.05, 3.63) is 24.3 Å². The van der Waals surface area contributed by atoms with Crippen LogP contribution in [0.2, 0.25) is 0 Å². The van der Waals surface area contributed by atoms with Gasteiger partial charge in [0.25, 0.3) is 0 Å². The van der Waals surface area contributed by atoms with Crippen molar-refractivity contribution >= 4 is 5.91 Å². The van der Waals surface area contributed by atoms with Crippen LogP contribution in [0.25, 0.3) is 0 Å². The Hall–Kier alpha value is -1.49. The van der Waals surface area contributed by atoms with E-state index in [1.165, 1.54) is 0 Å². The summed E-state index contributed by atoms with van der Waals surface area (Å²) in [5.74, 6) is 0.480. The second-order valence-corrected chi connectivity index (χ2v) is 4.44. The van der Waals surface area contributed by atoms with Gasteiger partial charge in [0, 0.05) is 31.7 Å². The molecule has 5 nitrogen and oxygen atoms in total. The number of rotatable bonds is 6. The van der Waals surface area contributed by atoms with E-state index >= 15 is 0 Å². The molecule has 0 bridgehead atoms. The minimum absolute atomic E-state index is 0.0163. The summed E-state index contributed by atoms with van der Waals surface area (Å²) in [5.41, 5.74) is 0.830. The summed E-state index contributed by atoms with van der Waals surface area (Å²) in [4.78, 5) is 19.8. The Bertz CT molecular complexity index is 340. The van der Waals surface area contributed by atoms with Gasteiger partial charge in [0.2, 0.25) is 5.91 Å². The molecule has 0 radical (unpaired) electrons. The van der Waals surface area contributed by atoms with Crippen LogP contribution in [0.5, 0.6) is 0 Å². The van der Waals surface area contributed by atoms with E-state index in [1.807, 2.05) is 6.92 Å². The first-order valence-electron chi connectivity index (χ1n) is 5.85. The van der Waals surface area contributed by atoms with Crippen LogP contribution in [0.15, 0.2) is 18.6 Å². The van der Waals surface area contributed by atoms with E-state index in [1.54, 1.807) is 18.6 Å². The summed E-state index contributed by atoms with van der Waals surface area (Å²) in [6.45, 7) is 7.22. The van der Waals surface area contributed by atoms with E-state index in [0.29, 0.717) is 19.0 Å². The topological polar surface area (TPSA) is 66.9 Å². The number of aromatic nitrogens is 2. The lowest BCUT2D eigenvalue weighted by Crippen LogP contribution is -2.43. The number of nitrogens with one attached hydrogen (secondary N) is 2. The van der Waals surface area contributed by atoms with Gasteiger partial charge in [-0.05, 0) is 12.8 Å². The standard InChI is InChI=1S/C12H20N4O/c1-9(2)6-16-12(17)10(3)15-8-11-7-13-4-5-14-11/h4-5,7,9-10,15H,6,8H2,1-3H3,(H,16,17). The third-order valence-electron chi connectivity index (χ3n) is 2.28. The molecule has 0 aliphatic rings. The van der Waals surface area contributed by atoms with E-state index < -0.39 is 0 Å². The zero-order valence-electron chi connectivity index (χ0n) is 10.6. The van der Waals surface area contributed by atoms with Crippen molar-refractivity contribution in [1.29, 1.82) is 0 Å². The van der Waals surface area contributed by atoms with Crippen LogP contribution in [0, 0.1) is 5.92 Å². The zero-order chi connectivity index (χ0) is 12.7. The van der Waals surface area contributed by atoms with Crippen LogP contribution in [-0.2, 0) is 11.3 Å². The second kappa shape index (κ2) is 6.96. The summed E-state index contributed by atoms with van der Waals surface area (Å²) in [6.07, 6.45) is 4.95. The maximum Gasteiger partial charge on any atom is 0.236 e. The molecule has 1 unspecified atom stereocenters. The highest BCUT2D eigenvalue weighted by Gasteiger charge is 2.11. The normalized spacial score (nSPS) is 12.5. The molecule has 1 heterocycles. The van der Waals surface area contributed by atoms with Gasteiger partial charge >= 0.3 is 0 Å². The molecule has 2 N–H and O–H groups in total. The number of nitrogens with zero attached hydrogens (tertiary/aromatic N) is 2. The predicted molar refractivity (Wildman–Crippen MR) is 66.2 cm³/mol. The quantitative estimate of drug-likeness (QED) is 0.764. The zero-order valence-corrected chi connectivity index (χ0v) is 10.6. The maximum absolute atomic E-state index is 11.7. The minimum Gasteiger partial charge on any atom is -0.354 e. The van der Waals surface area contributed by atoms with E-state index in [4.69, 9.17) is 0 Å². The van der Waals surface area contributed by atoms with E-state index in [2.05, 4.69) is 34.4 Å². The fourth-order valence-electron chi connectivity index (χ4n) is 1.23. The highest BCUT2D eigenvalue weighted by molar-refractivity contribution is 5.81. The fraction of sp³-hybridized carbons (Fsp3) is 0.583. The number of amides is 1. The molecule has 0 aliphatic heterocycles. The van der Waals surface area contributed by atoms with Crippen molar-refractivity contribution in [2.45, 2.75) is 33.4 Å². The first-order valence-corrected chi connectivity index (χ1v) is 5.85. The summed E-state index contributed by atoms with van der Waals surface area (Å²) in [5, 5.41) is 5.99. The number of carbonyl (C=O) groups is 1. The van der Waals surface area contributed by atoms with Gasteiger partial charge in [-0.2, -0.15) is 0 Å². The van der Waals surface area contributed by atoms with Gasteiger partial charge in [-0.15, -0.1) is 0 Å². The molecule has 94 valence electrons.